The number of H-pyrrole nitrogens is 1. The maximum atomic E-state index is 12.6. The topological polar surface area (TPSA) is 86.9 Å². The molecule has 0 fully saturated rings. The maximum Gasteiger partial charge on any atom is 0.275 e. The van der Waals surface area contributed by atoms with Gasteiger partial charge in [-0.1, -0.05) is 60.2 Å². The number of carbonyl (C=O) groups excluding carboxylic acids is 1. The summed E-state index contributed by atoms with van der Waals surface area (Å²) in [5, 5.41) is 6.03. The van der Waals surface area contributed by atoms with Crippen molar-refractivity contribution in [2.24, 2.45) is 0 Å². The number of fused-ring (bicyclic) bond motifs is 1. The van der Waals surface area contributed by atoms with E-state index in [-0.39, 0.29) is 18.0 Å². The van der Waals surface area contributed by atoms with Crippen molar-refractivity contribution in [3.63, 3.8) is 0 Å². The molecular formula is C24H22N4O2. The molecule has 150 valence electrons. The molecule has 6 nitrogen and oxygen atoms in total. The van der Waals surface area contributed by atoms with Gasteiger partial charge < -0.3 is 15.6 Å². The standard InChI is InChI=1S/C24H22N4O2/c1-16-10-12-17(13-11-16)14-26-22(29)15-25-19-7-3-2-6-18(19)23-24(30)28-21-9-5-4-8-20(21)27-23/h2-13,25H,14-15H2,1H3,(H,26,29)(H,28,30). The van der Waals surface area contributed by atoms with Gasteiger partial charge in [-0.25, -0.2) is 4.98 Å². The zero-order chi connectivity index (χ0) is 20.9. The quantitative estimate of drug-likeness (QED) is 0.463. The monoisotopic (exact) mass is 398 g/mol. The molecule has 0 saturated carbocycles. The zero-order valence-electron chi connectivity index (χ0n) is 16.6. The lowest BCUT2D eigenvalue weighted by Gasteiger charge is -2.12. The lowest BCUT2D eigenvalue weighted by molar-refractivity contribution is -0.119. The molecule has 0 unspecified atom stereocenters. The van der Waals surface area contributed by atoms with Gasteiger partial charge in [-0.05, 0) is 30.7 Å². The Morgan fingerprint density at radius 3 is 2.53 bits per heavy atom. The van der Waals surface area contributed by atoms with Crippen LogP contribution < -0.4 is 16.2 Å². The number of aryl methyl sites for hydroxylation is 1. The number of hydrogen-bond acceptors (Lipinski definition) is 4. The van der Waals surface area contributed by atoms with E-state index in [9.17, 15) is 9.59 Å². The fourth-order valence-electron chi connectivity index (χ4n) is 3.20. The number of amides is 1. The summed E-state index contributed by atoms with van der Waals surface area (Å²) in [5.41, 5.74) is 4.99. The highest BCUT2D eigenvalue weighted by Crippen LogP contribution is 2.24. The molecule has 4 rings (SSSR count). The van der Waals surface area contributed by atoms with E-state index in [1.165, 1.54) is 5.56 Å². The van der Waals surface area contributed by atoms with E-state index >= 15 is 0 Å². The molecule has 0 spiro atoms. The van der Waals surface area contributed by atoms with E-state index in [0.29, 0.717) is 34.5 Å². The molecular weight excluding hydrogens is 376 g/mol. The molecule has 0 aliphatic carbocycles. The summed E-state index contributed by atoms with van der Waals surface area (Å²) in [7, 11) is 0. The third kappa shape index (κ3) is 4.38. The lowest BCUT2D eigenvalue weighted by Crippen LogP contribution is -2.29. The van der Waals surface area contributed by atoms with Gasteiger partial charge in [0.1, 0.15) is 5.69 Å². The second-order valence-corrected chi connectivity index (χ2v) is 7.09. The van der Waals surface area contributed by atoms with Crippen LogP contribution in [0.2, 0.25) is 0 Å². The van der Waals surface area contributed by atoms with Crippen LogP contribution in [0.3, 0.4) is 0 Å². The third-order valence-corrected chi connectivity index (χ3v) is 4.83. The molecule has 1 heterocycles. The minimum atomic E-state index is -0.272. The Kier molecular flexibility index (Phi) is 5.57. The minimum absolute atomic E-state index is 0.0916. The molecule has 0 radical (unpaired) electrons. The molecule has 3 aromatic carbocycles. The summed E-state index contributed by atoms with van der Waals surface area (Å²) in [4.78, 5) is 32.3. The summed E-state index contributed by atoms with van der Waals surface area (Å²) in [6.45, 7) is 2.59. The van der Waals surface area contributed by atoms with Crippen LogP contribution in [0.4, 0.5) is 5.69 Å². The van der Waals surface area contributed by atoms with Gasteiger partial charge in [-0.15, -0.1) is 0 Å². The van der Waals surface area contributed by atoms with Crippen LogP contribution >= 0.6 is 0 Å². The van der Waals surface area contributed by atoms with Crippen molar-refractivity contribution in [3.8, 4) is 11.3 Å². The molecule has 0 bridgehead atoms. The van der Waals surface area contributed by atoms with Crippen molar-refractivity contribution in [1.29, 1.82) is 0 Å². The number of hydrogen-bond donors (Lipinski definition) is 3. The first-order valence-electron chi connectivity index (χ1n) is 9.75. The van der Waals surface area contributed by atoms with Crippen LogP contribution in [-0.4, -0.2) is 22.4 Å². The van der Waals surface area contributed by atoms with Gasteiger partial charge in [-0.3, -0.25) is 9.59 Å². The molecule has 0 aliphatic heterocycles. The van der Waals surface area contributed by atoms with Gasteiger partial charge in [0.25, 0.3) is 5.56 Å². The SMILES string of the molecule is Cc1ccc(CNC(=O)CNc2ccccc2-c2nc3ccccc3[nH]c2=O)cc1. The van der Waals surface area contributed by atoms with E-state index in [2.05, 4.69) is 20.6 Å². The average Bonchev–Trinajstić information content (AvgIpc) is 2.77. The van der Waals surface area contributed by atoms with Gasteiger partial charge in [0.2, 0.25) is 5.91 Å². The van der Waals surface area contributed by atoms with Crippen LogP contribution in [0.25, 0.3) is 22.3 Å². The molecule has 3 N–H and O–H groups in total. The van der Waals surface area contributed by atoms with Crippen molar-refractivity contribution in [2.45, 2.75) is 13.5 Å². The predicted octanol–water partition coefficient (Wildman–Crippen LogP) is 3.63. The summed E-state index contributed by atoms with van der Waals surface area (Å²) < 4.78 is 0. The number of benzene rings is 3. The van der Waals surface area contributed by atoms with Gasteiger partial charge in [-0.2, -0.15) is 0 Å². The van der Waals surface area contributed by atoms with Gasteiger partial charge in [0, 0.05) is 17.8 Å². The molecule has 1 amide bonds. The first-order valence-corrected chi connectivity index (χ1v) is 9.75. The van der Waals surface area contributed by atoms with Gasteiger partial charge >= 0.3 is 0 Å². The van der Waals surface area contributed by atoms with E-state index in [4.69, 9.17) is 0 Å². The molecule has 6 heteroatoms. The number of nitrogens with one attached hydrogen (secondary N) is 3. The van der Waals surface area contributed by atoms with Crippen LogP contribution in [0.15, 0.2) is 77.6 Å². The lowest BCUT2D eigenvalue weighted by atomic mass is 10.1. The number of aromatic nitrogens is 2. The van der Waals surface area contributed by atoms with Crippen LogP contribution in [0.1, 0.15) is 11.1 Å². The average molecular weight is 398 g/mol. The number of carbonyl (C=O) groups is 1. The summed E-state index contributed by atoms with van der Waals surface area (Å²) >= 11 is 0. The number of rotatable bonds is 6. The van der Waals surface area contributed by atoms with E-state index in [1.807, 2.05) is 79.7 Å². The van der Waals surface area contributed by atoms with Crippen molar-refractivity contribution >= 4 is 22.6 Å². The minimum Gasteiger partial charge on any atom is -0.376 e. The number of aromatic amines is 1. The Morgan fingerprint density at radius 2 is 1.70 bits per heavy atom. The zero-order valence-corrected chi connectivity index (χ0v) is 16.6. The number of nitrogens with zero attached hydrogens (tertiary/aromatic N) is 1. The Labute approximate surface area is 174 Å². The van der Waals surface area contributed by atoms with E-state index in [1.54, 1.807) is 0 Å². The van der Waals surface area contributed by atoms with E-state index in [0.717, 1.165) is 5.56 Å². The van der Waals surface area contributed by atoms with Crippen molar-refractivity contribution in [3.05, 3.63) is 94.3 Å². The largest absolute Gasteiger partial charge is 0.376 e. The van der Waals surface area contributed by atoms with Gasteiger partial charge in [0.05, 0.1) is 17.6 Å². The van der Waals surface area contributed by atoms with Crippen molar-refractivity contribution in [1.82, 2.24) is 15.3 Å². The number of para-hydroxylation sites is 3. The molecule has 4 aromatic rings. The first-order chi connectivity index (χ1) is 14.6. The van der Waals surface area contributed by atoms with Crippen molar-refractivity contribution in [2.75, 3.05) is 11.9 Å². The smallest absolute Gasteiger partial charge is 0.275 e. The summed E-state index contributed by atoms with van der Waals surface area (Å²) in [5.74, 6) is -0.134. The Balaban J connectivity index is 1.48. The summed E-state index contributed by atoms with van der Waals surface area (Å²) in [6, 6.07) is 22.8. The summed E-state index contributed by atoms with van der Waals surface area (Å²) in [6.07, 6.45) is 0. The number of anilines is 1. The molecule has 30 heavy (non-hydrogen) atoms. The Hall–Kier alpha value is -3.93. The maximum absolute atomic E-state index is 12.6. The first kappa shape index (κ1) is 19.4. The molecule has 0 atom stereocenters. The van der Waals surface area contributed by atoms with Crippen LogP contribution in [0.5, 0.6) is 0 Å². The van der Waals surface area contributed by atoms with Crippen LogP contribution in [0, 0.1) is 6.92 Å². The molecule has 1 aromatic heterocycles. The van der Waals surface area contributed by atoms with Crippen LogP contribution in [-0.2, 0) is 11.3 Å². The normalized spacial score (nSPS) is 10.7. The fourth-order valence-corrected chi connectivity index (χ4v) is 3.20. The van der Waals surface area contributed by atoms with E-state index < -0.39 is 0 Å². The Morgan fingerprint density at radius 1 is 0.967 bits per heavy atom. The van der Waals surface area contributed by atoms with Crippen molar-refractivity contribution < 1.29 is 4.79 Å². The third-order valence-electron chi connectivity index (χ3n) is 4.83. The highest BCUT2D eigenvalue weighted by molar-refractivity contribution is 5.85. The fraction of sp³-hybridized carbons (Fsp3) is 0.125. The Bertz CT molecular complexity index is 1250. The second kappa shape index (κ2) is 8.61. The highest BCUT2D eigenvalue weighted by Gasteiger charge is 2.12. The second-order valence-electron chi connectivity index (χ2n) is 7.09. The molecule has 0 aliphatic rings. The predicted molar refractivity (Wildman–Crippen MR) is 119 cm³/mol. The highest BCUT2D eigenvalue weighted by atomic mass is 16.2. The molecule has 0 saturated heterocycles. The van der Waals surface area contributed by atoms with Gasteiger partial charge in [0.15, 0.2) is 0 Å².